The van der Waals surface area contributed by atoms with E-state index in [4.69, 9.17) is 10.5 Å². The lowest BCUT2D eigenvalue weighted by atomic mass is 10.1. The molecule has 0 radical (unpaired) electrons. The van der Waals surface area contributed by atoms with Crippen LogP contribution >= 0.6 is 0 Å². The fraction of sp³-hybridized carbons (Fsp3) is 0.538. The van der Waals surface area contributed by atoms with Crippen molar-refractivity contribution in [2.45, 2.75) is 30.2 Å². The quantitative estimate of drug-likeness (QED) is 0.639. The maximum Gasteiger partial charge on any atom is 0.293 e. The Bertz CT molecular complexity index is 662. The summed E-state index contributed by atoms with van der Waals surface area (Å²) < 4.78 is 31.8. The third kappa shape index (κ3) is 3.06. The zero-order valence-corrected chi connectivity index (χ0v) is 13.1. The molecule has 1 heterocycles. The minimum absolute atomic E-state index is 0.198. The Hall–Kier alpha value is -1.71. The molecular formula is C13H19N3O5S. The van der Waals surface area contributed by atoms with E-state index in [1.807, 2.05) is 0 Å². The lowest BCUT2D eigenvalue weighted by molar-refractivity contribution is -0.387. The summed E-state index contributed by atoms with van der Waals surface area (Å²) in [6.45, 7) is 0.524. The molecule has 1 atom stereocenters. The number of nitrogens with zero attached hydrogens (tertiary/aromatic N) is 2. The molecule has 1 saturated heterocycles. The minimum atomic E-state index is -3.97. The molecule has 2 N–H and O–H groups in total. The molecule has 2 rings (SSSR count). The first kappa shape index (κ1) is 16.7. The van der Waals surface area contributed by atoms with Gasteiger partial charge < -0.3 is 10.5 Å². The highest BCUT2D eigenvalue weighted by molar-refractivity contribution is 7.89. The fourth-order valence-electron chi connectivity index (χ4n) is 2.64. The summed E-state index contributed by atoms with van der Waals surface area (Å²) >= 11 is 0. The molecule has 8 nitrogen and oxygen atoms in total. The van der Waals surface area contributed by atoms with E-state index in [9.17, 15) is 18.5 Å². The molecule has 0 bridgehead atoms. The maximum absolute atomic E-state index is 12.8. The molecular weight excluding hydrogens is 310 g/mol. The summed E-state index contributed by atoms with van der Waals surface area (Å²) in [7, 11) is -2.60. The van der Waals surface area contributed by atoms with E-state index in [2.05, 4.69) is 0 Å². The molecule has 0 amide bonds. The van der Waals surface area contributed by atoms with Crippen molar-refractivity contribution in [2.75, 3.05) is 20.2 Å². The molecule has 0 saturated carbocycles. The van der Waals surface area contributed by atoms with Crippen LogP contribution in [-0.4, -0.2) is 43.9 Å². The Balaban J connectivity index is 2.51. The molecule has 9 heteroatoms. The van der Waals surface area contributed by atoms with Crippen LogP contribution in [0.15, 0.2) is 23.1 Å². The van der Waals surface area contributed by atoms with Gasteiger partial charge in [0.2, 0.25) is 10.0 Å². The van der Waals surface area contributed by atoms with Crippen LogP contribution in [0.4, 0.5) is 5.69 Å². The average Bonchev–Trinajstić information content (AvgIpc) is 2.54. The monoisotopic (exact) mass is 329 g/mol. The van der Waals surface area contributed by atoms with Crippen molar-refractivity contribution >= 4 is 15.7 Å². The van der Waals surface area contributed by atoms with Gasteiger partial charge in [-0.25, -0.2) is 8.42 Å². The summed E-state index contributed by atoms with van der Waals surface area (Å²) in [6, 6.07) is 3.42. The zero-order chi connectivity index (χ0) is 16.3. The zero-order valence-electron chi connectivity index (χ0n) is 12.3. The number of rotatable bonds is 5. The number of benzene rings is 1. The molecule has 122 valence electrons. The van der Waals surface area contributed by atoms with Crippen molar-refractivity contribution in [3.05, 3.63) is 28.3 Å². The molecule has 0 aliphatic carbocycles. The number of sulfonamides is 1. The Labute approximate surface area is 129 Å². The van der Waals surface area contributed by atoms with Gasteiger partial charge in [0.1, 0.15) is 5.75 Å². The highest BCUT2D eigenvalue weighted by Gasteiger charge is 2.37. The van der Waals surface area contributed by atoms with E-state index < -0.39 is 20.6 Å². The molecule has 1 aromatic carbocycles. The van der Waals surface area contributed by atoms with Gasteiger partial charge >= 0.3 is 0 Å². The molecule has 1 aromatic rings. The predicted octanol–water partition coefficient (Wildman–Crippen LogP) is 1.11. The van der Waals surface area contributed by atoms with Gasteiger partial charge in [0.15, 0.2) is 4.90 Å². The molecule has 1 unspecified atom stereocenters. The van der Waals surface area contributed by atoms with Gasteiger partial charge in [0, 0.05) is 19.1 Å². The number of piperidine rings is 1. The van der Waals surface area contributed by atoms with Crippen LogP contribution in [0.5, 0.6) is 5.75 Å². The predicted molar refractivity (Wildman–Crippen MR) is 80.2 cm³/mol. The molecule has 1 aliphatic heterocycles. The van der Waals surface area contributed by atoms with Crippen LogP contribution in [0.3, 0.4) is 0 Å². The topological polar surface area (TPSA) is 116 Å². The van der Waals surface area contributed by atoms with E-state index in [1.165, 1.54) is 23.5 Å². The summed E-state index contributed by atoms with van der Waals surface area (Å²) in [5.74, 6) is 0.236. The molecule has 0 aromatic heterocycles. The number of hydrogen-bond donors (Lipinski definition) is 1. The second kappa shape index (κ2) is 6.59. The van der Waals surface area contributed by atoms with Crippen molar-refractivity contribution < 1.29 is 18.1 Å². The summed E-state index contributed by atoms with van der Waals surface area (Å²) in [5.41, 5.74) is 5.17. The summed E-state index contributed by atoms with van der Waals surface area (Å²) in [6.07, 6.45) is 2.29. The Kier molecular flexibility index (Phi) is 4.99. The van der Waals surface area contributed by atoms with E-state index in [-0.39, 0.29) is 23.2 Å². The lowest BCUT2D eigenvalue weighted by Crippen LogP contribution is -2.47. The average molecular weight is 329 g/mol. The van der Waals surface area contributed by atoms with E-state index >= 15 is 0 Å². The highest BCUT2D eigenvalue weighted by atomic mass is 32.2. The first-order valence-corrected chi connectivity index (χ1v) is 8.40. The molecule has 0 spiro atoms. The number of nitro benzene ring substituents is 1. The van der Waals surface area contributed by atoms with Crippen LogP contribution in [0.25, 0.3) is 0 Å². The number of ether oxygens (including phenoxy) is 1. The van der Waals surface area contributed by atoms with Gasteiger partial charge in [0.25, 0.3) is 5.69 Å². The van der Waals surface area contributed by atoms with Crippen molar-refractivity contribution in [1.82, 2.24) is 4.31 Å². The number of hydrogen-bond acceptors (Lipinski definition) is 6. The third-order valence-corrected chi connectivity index (χ3v) is 5.79. The number of nitrogens with two attached hydrogens (primary N) is 1. The van der Waals surface area contributed by atoms with Gasteiger partial charge in [-0.3, -0.25) is 10.1 Å². The van der Waals surface area contributed by atoms with Crippen molar-refractivity contribution in [1.29, 1.82) is 0 Å². The molecule has 22 heavy (non-hydrogen) atoms. The third-order valence-electron chi connectivity index (χ3n) is 3.79. The first-order valence-electron chi connectivity index (χ1n) is 6.96. The molecule has 1 fully saturated rings. The van der Waals surface area contributed by atoms with Gasteiger partial charge in [-0.1, -0.05) is 6.42 Å². The van der Waals surface area contributed by atoms with Crippen molar-refractivity contribution in [3.8, 4) is 5.75 Å². The van der Waals surface area contributed by atoms with Gasteiger partial charge in [0.05, 0.1) is 18.1 Å². The fourth-order valence-corrected chi connectivity index (χ4v) is 4.48. The normalized spacial score (nSPS) is 19.8. The van der Waals surface area contributed by atoms with Crippen LogP contribution in [0.2, 0.25) is 0 Å². The van der Waals surface area contributed by atoms with Gasteiger partial charge in [-0.05, 0) is 25.0 Å². The van der Waals surface area contributed by atoms with Crippen LogP contribution in [0.1, 0.15) is 19.3 Å². The summed E-state index contributed by atoms with van der Waals surface area (Å²) in [5, 5.41) is 11.2. The van der Waals surface area contributed by atoms with Crippen molar-refractivity contribution in [2.24, 2.45) is 5.73 Å². The summed E-state index contributed by atoms with van der Waals surface area (Å²) in [4.78, 5) is 10.2. The van der Waals surface area contributed by atoms with E-state index in [0.717, 1.165) is 18.9 Å². The number of methoxy groups -OCH3 is 1. The maximum atomic E-state index is 12.8. The van der Waals surface area contributed by atoms with E-state index in [1.54, 1.807) is 0 Å². The van der Waals surface area contributed by atoms with Gasteiger partial charge in [-0.2, -0.15) is 4.31 Å². The first-order chi connectivity index (χ1) is 10.4. The lowest BCUT2D eigenvalue weighted by Gasteiger charge is -2.33. The van der Waals surface area contributed by atoms with Crippen LogP contribution < -0.4 is 10.5 Å². The standard InChI is InChI=1S/C13H19N3O5S/c1-21-11-5-6-13(12(8-11)16(17)18)22(19,20)15-7-3-2-4-10(15)9-14/h5-6,8,10H,2-4,7,9,14H2,1H3. The second-order valence-corrected chi connectivity index (χ2v) is 6.95. The largest absolute Gasteiger partial charge is 0.497 e. The smallest absolute Gasteiger partial charge is 0.293 e. The van der Waals surface area contributed by atoms with E-state index in [0.29, 0.717) is 13.0 Å². The second-order valence-electron chi connectivity index (χ2n) is 5.09. The molecule has 1 aliphatic rings. The highest BCUT2D eigenvalue weighted by Crippen LogP contribution is 2.33. The Morgan fingerprint density at radius 2 is 2.18 bits per heavy atom. The van der Waals surface area contributed by atoms with Crippen LogP contribution in [0, 0.1) is 10.1 Å². The van der Waals surface area contributed by atoms with Gasteiger partial charge in [-0.15, -0.1) is 0 Å². The minimum Gasteiger partial charge on any atom is -0.497 e. The SMILES string of the molecule is COc1ccc(S(=O)(=O)N2CCCCC2CN)c([N+](=O)[O-])c1. The number of nitro groups is 1. The Morgan fingerprint density at radius 1 is 1.45 bits per heavy atom. The Morgan fingerprint density at radius 3 is 2.77 bits per heavy atom. The van der Waals surface area contributed by atoms with Crippen molar-refractivity contribution in [3.63, 3.8) is 0 Å². The van der Waals surface area contributed by atoms with Crippen LogP contribution in [-0.2, 0) is 10.0 Å².